The Bertz CT molecular complexity index is 437. The van der Waals surface area contributed by atoms with Crippen LogP contribution < -0.4 is 5.32 Å². The van der Waals surface area contributed by atoms with Gasteiger partial charge in [-0.05, 0) is 30.5 Å². The number of benzene rings is 1. The van der Waals surface area contributed by atoms with Gasteiger partial charge in [-0.1, -0.05) is 44.9 Å². The second-order valence-electron chi connectivity index (χ2n) is 4.53. The van der Waals surface area contributed by atoms with Crippen molar-refractivity contribution in [2.45, 2.75) is 32.7 Å². The minimum Gasteiger partial charge on any atom is -0.312 e. The van der Waals surface area contributed by atoms with Gasteiger partial charge in [-0.2, -0.15) is 0 Å². The van der Waals surface area contributed by atoms with E-state index in [-0.39, 0.29) is 0 Å². The second-order valence-corrected chi connectivity index (χ2v) is 5.64. The normalized spacial score (nSPS) is 13.4. The fourth-order valence-electron chi connectivity index (χ4n) is 2.53. The van der Waals surface area contributed by atoms with Gasteiger partial charge in [0.25, 0.3) is 0 Å². The molecule has 1 atom stereocenters. The molecule has 0 fully saturated rings. The van der Waals surface area contributed by atoms with E-state index in [9.17, 15) is 0 Å². The third-order valence-corrected chi connectivity index (χ3v) is 4.78. The fraction of sp³-hybridized carbons (Fsp3) is 0.467. The zero-order chi connectivity index (χ0) is 12.3. The molecule has 1 aromatic heterocycles. The quantitative estimate of drug-likeness (QED) is 0.814. The Morgan fingerprint density at radius 1 is 1.18 bits per heavy atom. The highest BCUT2D eigenvalue weighted by Crippen LogP contribution is 2.35. The second kappa shape index (κ2) is 5.65. The fourth-order valence-corrected chi connectivity index (χ4v) is 3.79. The van der Waals surface area contributed by atoms with Crippen LogP contribution in [0, 0.1) is 5.92 Å². The van der Waals surface area contributed by atoms with Crippen molar-refractivity contribution >= 4 is 21.4 Å². The van der Waals surface area contributed by atoms with Crippen LogP contribution in [-0.2, 0) is 0 Å². The zero-order valence-corrected chi connectivity index (χ0v) is 11.7. The lowest BCUT2D eigenvalue weighted by molar-refractivity contribution is 0.364. The highest BCUT2D eigenvalue weighted by Gasteiger charge is 2.20. The van der Waals surface area contributed by atoms with Gasteiger partial charge in [0.1, 0.15) is 0 Å². The van der Waals surface area contributed by atoms with E-state index in [4.69, 9.17) is 0 Å². The maximum Gasteiger partial charge on any atom is 0.0441 e. The van der Waals surface area contributed by atoms with Gasteiger partial charge in [-0.25, -0.2) is 0 Å². The molecule has 1 N–H and O–H groups in total. The Hall–Kier alpha value is -0.860. The molecule has 2 aromatic rings. The van der Waals surface area contributed by atoms with Gasteiger partial charge in [-0.3, -0.25) is 0 Å². The molecule has 0 saturated heterocycles. The summed E-state index contributed by atoms with van der Waals surface area (Å²) in [6.45, 7) is 4.57. The van der Waals surface area contributed by atoms with Gasteiger partial charge in [0.2, 0.25) is 0 Å². The Balaban J connectivity index is 2.36. The molecular weight excluding hydrogens is 226 g/mol. The van der Waals surface area contributed by atoms with Crippen molar-refractivity contribution in [2.24, 2.45) is 5.92 Å². The molecule has 0 spiro atoms. The summed E-state index contributed by atoms with van der Waals surface area (Å²) in [6.07, 6.45) is 2.46. The average molecular weight is 247 g/mol. The molecule has 0 aliphatic carbocycles. The van der Waals surface area contributed by atoms with E-state index in [1.165, 1.54) is 27.8 Å². The molecule has 0 bridgehead atoms. The first-order valence-electron chi connectivity index (χ1n) is 6.45. The summed E-state index contributed by atoms with van der Waals surface area (Å²) in [5, 5.41) is 4.87. The first kappa shape index (κ1) is 12.6. The van der Waals surface area contributed by atoms with Gasteiger partial charge < -0.3 is 5.32 Å². The minimum absolute atomic E-state index is 0.502. The van der Waals surface area contributed by atoms with E-state index in [1.54, 1.807) is 0 Å². The van der Waals surface area contributed by atoms with Crippen LogP contribution in [0.4, 0.5) is 0 Å². The van der Waals surface area contributed by atoms with Crippen LogP contribution in [0.3, 0.4) is 0 Å². The molecule has 0 amide bonds. The Labute approximate surface area is 108 Å². The number of thiophene rings is 1. The van der Waals surface area contributed by atoms with Crippen LogP contribution in [0.2, 0.25) is 0 Å². The van der Waals surface area contributed by atoms with Gasteiger partial charge in [0.05, 0.1) is 0 Å². The van der Waals surface area contributed by atoms with Crippen LogP contribution in [0.15, 0.2) is 30.3 Å². The van der Waals surface area contributed by atoms with Crippen molar-refractivity contribution in [3.63, 3.8) is 0 Å². The third-order valence-electron chi connectivity index (χ3n) is 3.58. The summed E-state index contributed by atoms with van der Waals surface area (Å²) in [5.41, 5.74) is 0. The number of nitrogens with one attached hydrogen (secondary N) is 1. The maximum atomic E-state index is 3.49. The van der Waals surface area contributed by atoms with E-state index in [2.05, 4.69) is 56.5 Å². The van der Waals surface area contributed by atoms with Gasteiger partial charge in [0, 0.05) is 15.6 Å². The summed E-state index contributed by atoms with van der Waals surface area (Å²) < 4.78 is 1.40. The molecule has 0 saturated carbocycles. The molecule has 1 unspecified atom stereocenters. The van der Waals surface area contributed by atoms with E-state index >= 15 is 0 Å². The average Bonchev–Trinajstić information content (AvgIpc) is 2.78. The Kier molecular flexibility index (Phi) is 4.19. The number of hydrogen-bond donors (Lipinski definition) is 1. The Morgan fingerprint density at radius 2 is 1.88 bits per heavy atom. The molecule has 0 radical (unpaired) electrons. The van der Waals surface area contributed by atoms with Crippen molar-refractivity contribution in [3.05, 3.63) is 35.2 Å². The highest BCUT2D eigenvalue weighted by atomic mass is 32.1. The number of hydrogen-bond acceptors (Lipinski definition) is 2. The summed E-state index contributed by atoms with van der Waals surface area (Å²) in [4.78, 5) is 1.47. The lowest BCUT2D eigenvalue weighted by atomic mass is 9.93. The van der Waals surface area contributed by atoms with Crippen LogP contribution >= 0.6 is 11.3 Å². The SMILES string of the molecule is CCC(CC)C(NC)c1cc2ccccc2s1. The summed E-state index contributed by atoms with van der Waals surface area (Å²) in [6, 6.07) is 11.5. The van der Waals surface area contributed by atoms with Crippen LogP contribution in [0.1, 0.15) is 37.6 Å². The van der Waals surface area contributed by atoms with Gasteiger partial charge in [-0.15, -0.1) is 11.3 Å². The van der Waals surface area contributed by atoms with Crippen LogP contribution in [-0.4, -0.2) is 7.05 Å². The third kappa shape index (κ3) is 2.53. The molecule has 0 aliphatic heterocycles. The molecule has 2 rings (SSSR count). The smallest absolute Gasteiger partial charge is 0.0441 e. The topological polar surface area (TPSA) is 12.0 Å². The van der Waals surface area contributed by atoms with Crippen molar-refractivity contribution in [2.75, 3.05) is 7.05 Å². The molecular formula is C15H21NS. The van der Waals surface area contributed by atoms with E-state index < -0.39 is 0 Å². The predicted octanol–water partition coefficient (Wildman–Crippen LogP) is 4.60. The Morgan fingerprint density at radius 3 is 2.47 bits per heavy atom. The first-order chi connectivity index (χ1) is 8.30. The summed E-state index contributed by atoms with van der Waals surface area (Å²) in [5.74, 6) is 0.730. The van der Waals surface area contributed by atoms with Crippen LogP contribution in [0.5, 0.6) is 0 Å². The molecule has 92 valence electrons. The van der Waals surface area contributed by atoms with Crippen molar-refractivity contribution in [1.82, 2.24) is 5.32 Å². The number of rotatable bonds is 5. The minimum atomic E-state index is 0.502. The van der Waals surface area contributed by atoms with Gasteiger partial charge in [0.15, 0.2) is 0 Å². The van der Waals surface area contributed by atoms with Gasteiger partial charge >= 0.3 is 0 Å². The molecule has 1 heterocycles. The highest BCUT2D eigenvalue weighted by molar-refractivity contribution is 7.19. The number of fused-ring (bicyclic) bond motifs is 1. The lowest BCUT2D eigenvalue weighted by Gasteiger charge is -2.23. The first-order valence-corrected chi connectivity index (χ1v) is 7.27. The summed E-state index contributed by atoms with van der Waals surface area (Å²) in [7, 11) is 2.08. The monoisotopic (exact) mass is 247 g/mol. The molecule has 1 nitrogen and oxygen atoms in total. The van der Waals surface area contributed by atoms with E-state index in [0.717, 1.165) is 5.92 Å². The zero-order valence-electron chi connectivity index (χ0n) is 10.9. The molecule has 2 heteroatoms. The molecule has 1 aromatic carbocycles. The standard InChI is InChI=1S/C15H21NS/c1-4-11(5-2)15(16-3)14-10-12-8-6-7-9-13(12)17-14/h6-11,15-16H,4-5H2,1-3H3. The predicted molar refractivity (Wildman–Crippen MR) is 77.7 cm³/mol. The molecule has 0 aliphatic rings. The van der Waals surface area contributed by atoms with Crippen molar-refractivity contribution < 1.29 is 0 Å². The molecule has 17 heavy (non-hydrogen) atoms. The largest absolute Gasteiger partial charge is 0.312 e. The summed E-state index contributed by atoms with van der Waals surface area (Å²) >= 11 is 1.93. The van der Waals surface area contributed by atoms with Crippen molar-refractivity contribution in [3.8, 4) is 0 Å². The van der Waals surface area contributed by atoms with E-state index in [1.807, 2.05) is 11.3 Å². The lowest BCUT2D eigenvalue weighted by Crippen LogP contribution is -2.23. The van der Waals surface area contributed by atoms with E-state index in [0.29, 0.717) is 6.04 Å². The van der Waals surface area contributed by atoms with Crippen LogP contribution in [0.25, 0.3) is 10.1 Å². The maximum absolute atomic E-state index is 3.49. The van der Waals surface area contributed by atoms with Crippen molar-refractivity contribution in [1.29, 1.82) is 0 Å².